The largest absolute Gasteiger partial charge is 0.493 e. The van der Waals surface area contributed by atoms with Gasteiger partial charge < -0.3 is 24.4 Å². The zero-order valence-electron chi connectivity index (χ0n) is 9.56. The molecule has 5 heteroatoms. The van der Waals surface area contributed by atoms with Crippen LogP contribution in [-0.4, -0.2) is 38.1 Å². The Morgan fingerprint density at radius 3 is 1.88 bits per heavy atom. The lowest BCUT2D eigenvalue weighted by Crippen LogP contribution is -2.04. The van der Waals surface area contributed by atoms with Crippen LogP contribution in [-0.2, 0) is 0 Å². The molecule has 0 spiro atoms. The number of rotatable bonds is 5. The minimum Gasteiger partial charge on any atom is -0.493 e. The van der Waals surface area contributed by atoms with Gasteiger partial charge in [-0.3, -0.25) is 0 Å². The maximum Gasteiger partial charge on any atom is 0.203 e. The lowest BCUT2D eigenvalue weighted by Gasteiger charge is -2.15. The molecule has 0 saturated carbocycles. The maximum atomic E-state index is 9.53. The number of benzene rings is 1. The maximum absolute atomic E-state index is 9.53. The summed E-state index contributed by atoms with van der Waals surface area (Å²) in [4.78, 5) is 0. The van der Waals surface area contributed by atoms with Crippen LogP contribution in [0.4, 0.5) is 0 Å². The van der Waals surface area contributed by atoms with E-state index in [0.717, 1.165) is 0 Å². The fraction of sp³-hybridized carbons (Fsp3) is 0.455. The average Bonchev–Trinajstić information content (AvgIpc) is 2.35. The van der Waals surface area contributed by atoms with E-state index in [-0.39, 0.29) is 6.61 Å². The highest BCUT2D eigenvalue weighted by Gasteiger charge is 2.16. The third-order valence-corrected chi connectivity index (χ3v) is 2.24. The van der Waals surface area contributed by atoms with Crippen LogP contribution >= 0.6 is 0 Å². The molecule has 0 aromatic heterocycles. The van der Waals surface area contributed by atoms with E-state index >= 15 is 0 Å². The zero-order valence-corrected chi connectivity index (χ0v) is 9.56. The van der Waals surface area contributed by atoms with Gasteiger partial charge in [-0.1, -0.05) is 0 Å². The Balaban J connectivity index is 3.25. The van der Waals surface area contributed by atoms with Crippen LogP contribution < -0.4 is 14.2 Å². The fourth-order valence-electron chi connectivity index (χ4n) is 1.40. The molecule has 0 amide bonds. The first-order valence-corrected chi connectivity index (χ1v) is 4.76. The van der Waals surface area contributed by atoms with Gasteiger partial charge >= 0.3 is 0 Å². The standard InChI is InChI=1S/C11H16O5/c1-14-9-4-7(8(13)6-12)5-10(15-2)11(9)16-3/h4-5,8,12-13H,6H2,1-3H3/t8-/m1/s1. The van der Waals surface area contributed by atoms with E-state index in [1.54, 1.807) is 12.1 Å². The van der Waals surface area contributed by atoms with Gasteiger partial charge in [0.15, 0.2) is 11.5 Å². The van der Waals surface area contributed by atoms with Gasteiger partial charge in [0.25, 0.3) is 0 Å². The van der Waals surface area contributed by atoms with Crippen LogP contribution in [0.15, 0.2) is 12.1 Å². The summed E-state index contributed by atoms with van der Waals surface area (Å²) >= 11 is 0. The van der Waals surface area contributed by atoms with Crippen molar-refractivity contribution in [1.29, 1.82) is 0 Å². The second kappa shape index (κ2) is 5.58. The van der Waals surface area contributed by atoms with E-state index in [2.05, 4.69) is 0 Å². The topological polar surface area (TPSA) is 68.2 Å². The molecule has 0 saturated heterocycles. The molecule has 90 valence electrons. The highest BCUT2D eigenvalue weighted by molar-refractivity contribution is 5.54. The van der Waals surface area contributed by atoms with E-state index < -0.39 is 6.10 Å². The van der Waals surface area contributed by atoms with Gasteiger partial charge in [0.05, 0.1) is 27.9 Å². The minimum absolute atomic E-state index is 0.362. The summed E-state index contributed by atoms with van der Waals surface area (Å²) in [5.74, 6) is 1.35. The van der Waals surface area contributed by atoms with Crippen molar-refractivity contribution in [2.45, 2.75) is 6.10 Å². The molecule has 1 aromatic rings. The van der Waals surface area contributed by atoms with Crippen LogP contribution in [0, 0.1) is 0 Å². The molecule has 1 aromatic carbocycles. The summed E-state index contributed by atoms with van der Waals surface area (Å²) in [6, 6.07) is 3.20. The normalized spacial score (nSPS) is 12.1. The summed E-state index contributed by atoms with van der Waals surface area (Å²) in [6.07, 6.45) is -0.964. The molecule has 0 unspecified atom stereocenters. The van der Waals surface area contributed by atoms with E-state index in [0.29, 0.717) is 22.8 Å². The van der Waals surface area contributed by atoms with Crippen molar-refractivity contribution in [3.05, 3.63) is 17.7 Å². The zero-order chi connectivity index (χ0) is 12.1. The molecule has 1 atom stereocenters. The van der Waals surface area contributed by atoms with Crippen molar-refractivity contribution in [2.75, 3.05) is 27.9 Å². The van der Waals surface area contributed by atoms with Gasteiger partial charge in [0.1, 0.15) is 6.10 Å². The number of aliphatic hydroxyl groups is 2. The Kier molecular flexibility index (Phi) is 4.39. The fourth-order valence-corrected chi connectivity index (χ4v) is 1.40. The number of ether oxygens (including phenoxy) is 3. The lowest BCUT2D eigenvalue weighted by atomic mass is 10.1. The van der Waals surface area contributed by atoms with Crippen LogP contribution in [0.5, 0.6) is 17.2 Å². The molecule has 0 aliphatic heterocycles. The summed E-state index contributed by atoms with van der Waals surface area (Å²) in [7, 11) is 4.49. The first-order valence-electron chi connectivity index (χ1n) is 4.76. The highest BCUT2D eigenvalue weighted by atomic mass is 16.5. The number of hydrogen-bond donors (Lipinski definition) is 2. The number of methoxy groups -OCH3 is 3. The molecule has 1 rings (SSSR count). The first-order chi connectivity index (χ1) is 7.67. The lowest BCUT2D eigenvalue weighted by molar-refractivity contribution is 0.0951. The smallest absolute Gasteiger partial charge is 0.203 e. The van der Waals surface area contributed by atoms with Gasteiger partial charge in [0.2, 0.25) is 5.75 Å². The van der Waals surface area contributed by atoms with Crippen molar-refractivity contribution in [1.82, 2.24) is 0 Å². The van der Waals surface area contributed by atoms with Gasteiger partial charge in [-0.05, 0) is 17.7 Å². The van der Waals surface area contributed by atoms with Crippen molar-refractivity contribution in [3.8, 4) is 17.2 Å². The van der Waals surface area contributed by atoms with Gasteiger partial charge in [-0.2, -0.15) is 0 Å². The molecule has 0 bridgehead atoms. The second-order valence-corrected chi connectivity index (χ2v) is 3.16. The average molecular weight is 228 g/mol. The Labute approximate surface area is 94.2 Å². The van der Waals surface area contributed by atoms with E-state index in [1.165, 1.54) is 21.3 Å². The van der Waals surface area contributed by atoms with Crippen LogP contribution in [0.25, 0.3) is 0 Å². The molecule has 2 N–H and O–H groups in total. The molecular weight excluding hydrogens is 212 g/mol. The highest BCUT2D eigenvalue weighted by Crippen LogP contribution is 2.39. The molecule has 0 aliphatic rings. The first kappa shape index (κ1) is 12.6. The Bertz CT molecular complexity index is 325. The van der Waals surface area contributed by atoms with Crippen LogP contribution in [0.3, 0.4) is 0 Å². The number of hydrogen-bond acceptors (Lipinski definition) is 5. The molecule has 0 heterocycles. The Morgan fingerprint density at radius 1 is 1.06 bits per heavy atom. The third kappa shape index (κ3) is 2.37. The van der Waals surface area contributed by atoms with E-state index in [9.17, 15) is 5.11 Å². The molecular formula is C11H16O5. The summed E-state index contributed by atoms with van der Waals surface area (Å²) in [6.45, 7) is -0.362. The summed E-state index contributed by atoms with van der Waals surface area (Å²) in [5.41, 5.74) is 0.511. The van der Waals surface area contributed by atoms with Crippen molar-refractivity contribution in [2.24, 2.45) is 0 Å². The van der Waals surface area contributed by atoms with Crippen molar-refractivity contribution in [3.63, 3.8) is 0 Å². The van der Waals surface area contributed by atoms with E-state index in [4.69, 9.17) is 19.3 Å². The van der Waals surface area contributed by atoms with Gasteiger partial charge in [0, 0.05) is 0 Å². The molecule has 16 heavy (non-hydrogen) atoms. The van der Waals surface area contributed by atoms with Crippen molar-refractivity contribution < 1.29 is 24.4 Å². The van der Waals surface area contributed by atoms with Crippen LogP contribution in [0.2, 0.25) is 0 Å². The molecule has 0 radical (unpaired) electrons. The van der Waals surface area contributed by atoms with Gasteiger partial charge in [-0.15, -0.1) is 0 Å². The molecule has 0 aliphatic carbocycles. The third-order valence-electron chi connectivity index (χ3n) is 2.24. The Morgan fingerprint density at radius 2 is 1.56 bits per heavy atom. The monoisotopic (exact) mass is 228 g/mol. The Hall–Kier alpha value is -1.46. The molecule has 5 nitrogen and oxygen atoms in total. The van der Waals surface area contributed by atoms with E-state index in [1.807, 2.05) is 0 Å². The number of aliphatic hydroxyl groups excluding tert-OH is 2. The summed E-state index contributed by atoms with van der Waals surface area (Å²) in [5, 5.41) is 18.4. The SMILES string of the molecule is COc1cc([C@H](O)CO)cc(OC)c1OC. The van der Waals surface area contributed by atoms with Gasteiger partial charge in [-0.25, -0.2) is 0 Å². The predicted molar refractivity (Wildman–Crippen MR) is 58.1 cm³/mol. The minimum atomic E-state index is -0.964. The summed E-state index contributed by atoms with van der Waals surface area (Å²) < 4.78 is 15.4. The van der Waals surface area contributed by atoms with Crippen molar-refractivity contribution >= 4 is 0 Å². The quantitative estimate of drug-likeness (QED) is 0.778. The second-order valence-electron chi connectivity index (χ2n) is 3.16. The molecule has 0 fully saturated rings. The predicted octanol–water partition coefficient (Wildman–Crippen LogP) is 0.738. The van der Waals surface area contributed by atoms with Crippen LogP contribution in [0.1, 0.15) is 11.7 Å².